The molecule has 1 rings (SSSR count). The second-order valence-electron chi connectivity index (χ2n) is 5.47. The summed E-state index contributed by atoms with van der Waals surface area (Å²) >= 11 is 0. The van der Waals surface area contributed by atoms with E-state index >= 15 is 0 Å². The molecule has 0 radical (unpaired) electrons. The molecule has 0 aromatic heterocycles. The maximum atomic E-state index is 5.91. The molecular weight excluding hydrogens is 198 g/mol. The predicted molar refractivity (Wildman–Crippen MR) is 69.5 cm³/mol. The average molecular weight is 227 g/mol. The van der Waals surface area contributed by atoms with Gasteiger partial charge in [0.25, 0.3) is 0 Å². The number of hydrogen-bond acceptors (Lipinski definition) is 2. The lowest BCUT2D eigenvalue weighted by Crippen LogP contribution is -2.18. The first-order valence-corrected chi connectivity index (χ1v) is 7.04. The highest BCUT2D eigenvalue weighted by Crippen LogP contribution is 2.48. The molecule has 1 aliphatic rings. The highest BCUT2D eigenvalue weighted by Gasteiger charge is 2.41. The summed E-state index contributed by atoms with van der Waals surface area (Å²) in [4.78, 5) is 0. The molecule has 0 saturated heterocycles. The topological polar surface area (TPSA) is 35.2 Å². The minimum atomic E-state index is 0.484. The standard InChI is InChI=1S/C14H29NO/c1-3-5-6-13(4-2)11-16-12-14(7-8-14)9-10-15/h13H,3-12,15H2,1-2H3. The van der Waals surface area contributed by atoms with Gasteiger partial charge < -0.3 is 10.5 Å². The molecule has 2 N–H and O–H groups in total. The molecular formula is C14H29NO. The minimum absolute atomic E-state index is 0.484. The highest BCUT2D eigenvalue weighted by molar-refractivity contribution is 4.92. The molecule has 2 heteroatoms. The predicted octanol–water partition coefficient (Wildman–Crippen LogP) is 3.35. The number of unbranched alkanes of at least 4 members (excludes halogenated alkanes) is 1. The van der Waals surface area contributed by atoms with E-state index in [1.165, 1.54) is 38.5 Å². The zero-order chi connectivity index (χ0) is 11.9. The monoisotopic (exact) mass is 227 g/mol. The Morgan fingerprint density at radius 3 is 2.56 bits per heavy atom. The molecule has 0 aromatic rings. The number of rotatable bonds is 10. The lowest BCUT2D eigenvalue weighted by atomic mass is 10.00. The van der Waals surface area contributed by atoms with E-state index in [-0.39, 0.29) is 0 Å². The lowest BCUT2D eigenvalue weighted by Gasteiger charge is -2.18. The Morgan fingerprint density at radius 2 is 2.06 bits per heavy atom. The summed E-state index contributed by atoms with van der Waals surface area (Å²) in [6, 6.07) is 0. The summed E-state index contributed by atoms with van der Waals surface area (Å²) in [5.41, 5.74) is 6.11. The summed E-state index contributed by atoms with van der Waals surface area (Å²) in [6.07, 6.45) is 9.04. The largest absolute Gasteiger partial charge is 0.381 e. The molecule has 1 saturated carbocycles. The van der Waals surface area contributed by atoms with Crippen molar-refractivity contribution in [2.45, 2.75) is 58.8 Å². The molecule has 0 heterocycles. The van der Waals surface area contributed by atoms with Crippen LogP contribution in [0.4, 0.5) is 0 Å². The van der Waals surface area contributed by atoms with Gasteiger partial charge in [-0.15, -0.1) is 0 Å². The van der Waals surface area contributed by atoms with Crippen molar-refractivity contribution in [3.63, 3.8) is 0 Å². The molecule has 1 fully saturated rings. The van der Waals surface area contributed by atoms with Crippen molar-refractivity contribution in [3.8, 4) is 0 Å². The quantitative estimate of drug-likeness (QED) is 0.621. The second kappa shape index (κ2) is 7.29. The molecule has 0 bridgehead atoms. The van der Waals surface area contributed by atoms with Crippen LogP contribution in [0, 0.1) is 11.3 Å². The van der Waals surface area contributed by atoms with Crippen molar-refractivity contribution in [1.82, 2.24) is 0 Å². The van der Waals surface area contributed by atoms with Crippen molar-refractivity contribution < 1.29 is 4.74 Å². The molecule has 96 valence electrons. The molecule has 0 aliphatic heterocycles. The average Bonchev–Trinajstić information content (AvgIpc) is 3.04. The highest BCUT2D eigenvalue weighted by atomic mass is 16.5. The van der Waals surface area contributed by atoms with Crippen LogP contribution < -0.4 is 5.73 Å². The van der Waals surface area contributed by atoms with Crippen molar-refractivity contribution >= 4 is 0 Å². The SMILES string of the molecule is CCCCC(CC)COCC1(CCN)CC1. The van der Waals surface area contributed by atoms with Crippen molar-refractivity contribution in [2.24, 2.45) is 17.1 Å². The van der Waals surface area contributed by atoms with E-state index in [9.17, 15) is 0 Å². The van der Waals surface area contributed by atoms with Gasteiger partial charge in [0.1, 0.15) is 0 Å². The van der Waals surface area contributed by atoms with Crippen molar-refractivity contribution in [3.05, 3.63) is 0 Å². The Morgan fingerprint density at radius 1 is 1.31 bits per heavy atom. The third-order valence-electron chi connectivity index (χ3n) is 3.94. The maximum absolute atomic E-state index is 5.91. The Bertz CT molecular complexity index is 178. The van der Waals surface area contributed by atoms with Crippen LogP contribution in [0.25, 0.3) is 0 Å². The minimum Gasteiger partial charge on any atom is -0.381 e. The van der Waals surface area contributed by atoms with E-state index in [2.05, 4.69) is 13.8 Å². The van der Waals surface area contributed by atoms with Gasteiger partial charge in [0.2, 0.25) is 0 Å². The van der Waals surface area contributed by atoms with Gasteiger partial charge in [-0.05, 0) is 43.6 Å². The molecule has 1 unspecified atom stereocenters. The summed E-state index contributed by atoms with van der Waals surface area (Å²) < 4.78 is 5.91. The van der Waals surface area contributed by atoms with Crippen LogP contribution in [-0.2, 0) is 4.74 Å². The van der Waals surface area contributed by atoms with Gasteiger partial charge in [-0.2, -0.15) is 0 Å². The van der Waals surface area contributed by atoms with Crippen LogP contribution in [0.5, 0.6) is 0 Å². The Kier molecular flexibility index (Phi) is 6.37. The van der Waals surface area contributed by atoms with E-state index in [4.69, 9.17) is 10.5 Å². The third kappa shape index (κ3) is 4.84. The van der Waals surface area contributed by atoms with Gasteiger partial charge in [0.15, 0.2) is 0 Å². The second-order valence-corrected chi connectivity index (χ2v) is 5.47. The smallest absolute Gasteiger partial charge is 0.0523 e. The molecule has 16 heavy (non-hydrogen) atoms. The summed E-state index contributed by atoms with van der Waals surface area (Å²) in [7, 11) is 0. The van der Waals surface area contributed by atoms with E-state index in [0.29, 0.717) is 5.41 Å². The first kappa shape index (κ1) is 14.0. The summed E-state index contributed by atoms with van der Waals surface area (Å²) in [5.74, 6) is 0.772. The fourth-order valence-corrected chi connectivity index (χ4v) is 2.29. The maximum Gasteiger partial charge on any atom is 0.0523 e. The Labute approximate surface area is 101 Å². The molecule has 2 nitrogen and oxygen atoms in total. The van der Waals surface area contributed by atoms with Gasteiger partial charge in [-0.1, -0.05) is 33.1 Å². The molecule has 0 aromatic carbocycles. The number of hydrogen-bond donors (Lipinski definition) is 1. The molecule has 0 amide bonds. The Hall–Kier alpha value is -0.0800. The molecule has 1 atom stereocenters. The summed E-state index contributed by atoms with van der Waals surface area (Å²) in [6.45, 7) is 7.26. The lowest BCUT2D eigenvalue weighted by molar-refractivity contribution is 0.0575. The van der Waals surface area contributed by atoms with Crippen LogP contribution in [0.1, 0.15) is 58.8 Å². The van der Waals surface area contributed by atoms with Crippen LogP contribution in [0.3, 0.4) is 0 Å². The molecule has 0 spiro atoms. The fraction of sp³-hybridized carbons (Fsp3) is 1.00. The normalized spacial score (nSPS) is 19.7. The fourth-order valence-electron chi connectivity index (χ4n) is 2.29. The summed E-state index contributed by atoms with van der Waals surface area (Å²) in [5, 5.41) is 0. The van der Waals surface area contributed by atoms with Crippen LogP contribution >= 0.6 is 0 Å². The zero-order valence-electron chi connectivity index (χ0n) is 11.1. The third-order valence-corrected chi connectivity index (χ3v) is 3.94. The van der Waals surface area contributed by atoms with E-state index in [1.807, 2.05) is 0 Å². The van der Waals surface area contributed by atoms with E-state index in [0.717, 1.165) is 32.1 Å². The van der Waals surface area contributed by atoms with Crippen LogP contribution in [-0.4, -0.2) is 19.8 Å². The van der Waals surface area contributed by atoms with E-state index < -0.39 is 0 Å². The van der Waals surface area contributed by atoms with Crippen LogP contribution in [0.15, 0.2) is 0 Å². The number of nitrogens with two attached hydrogens (primary N) is 1. The Balaban J connectivity index is 2.08. The molecule has 1 aliphatic carbocycles. The van der Waals surface area contributed by atoms with Crippen molar-refractivity contribution in [1.29, 1.82) is 0 Å². The van der Waals surface area contributed by atoms with Crippen LogP contribution in [0.2, 0.25) is 0 Å². The number of ether oxygens (including phenoxy) is 1. The van der Waals surface area contributed by atoms with Gasteiger partial charge in [-0.25, -0.2) is 0 Å². The first-order chi connectivity index (χ1) is 7.76. The first-order valence-electron chi connectivity index (χ1n) is 7.04. The van der Waals surface area contributed by atoms with Gasteiger partial charge in [0.05, 0.1) is 6.61 Å². The van der Waals surface area contributed by atoms with Crippen molar-refractivity contribution in [2.75, 3.05) is 19.8 Å². The van der Waals surface area contributed by atoms with E-state index in [1.54, 1.807) is 0 Å². The van der Waals surface area contributed by atoms with Gasteiger partial charge >= 0.3 is 0 Å². The zero-order valence-corrected chi connectivity index (χ0v) is 11.1. The van der Waals surface area contributed by atoms with Gasteiger partial charge in [0, 0.05) is 6.61 Å². The van der Waals surface area contributed by atoms with Gasteiger partial charge in [-0.3, -0.25) is 0 Å².